The largest absolute Gasteiger partial charge is 0.454 e. The van der Waals surface area contributed by atoms with Crippen LogP contribution in [0.25, 0.3) is 0 Å². The second-order valence-electron chi connectivity index (χ2n) is 4.04. The number of hydrogen-bond donors (Lipinski definition) is 1. The Labute approximate surface area is 96.3 Å². The van der Waals surface area contributed by atoms with E-state index in [9.17, 15) is 13.2 Å². The standard InChI is InChI=1S/C11H12F3NO2/c1-6(15)2-7-3-9-10(17-5-16-9)4-8(7)11(12,13)14/h3-4,6H,2,5,15H2,1H3. The molecule has 1 atom stereocenters. The lowest BCUT2D eigenvalue weighted by Crippen LogP contribution is -2.20. The summed E-state index contributed by atoms with van der Waals surface area (Å²) in [6.07, 6.45) is -4.27. The molecule has 1 aromatic rings. The van der Waals surface area contributed by atoms with Gasteiger partial charge in [-0.1, -0.05) is 0 Å². The van der Waals surface area contributed by atoms with Crippen molar-refractivity contribution in [3.8, 4) is 11.5 Å². The average Bonchev–Trinajstić information content (AvgIpc) is 2.60. The van der Waals surface area contributed by atoms with Gasteiger partial charge in [-0.2, -0.15) is 13.2 Å². The second kappa shape index (κ2) is 4.10. The summed E-state index contributed by atoms with van der Waals surface area (Å²) >= 11 is 0. The van der Waals surface area contributed by atoms with Crippen LogP contribution in [0.4, 0.5) is 13.2 Å². The van der Waals surface area contributed by atoms with Gasteiger partial charge in [-0.05, 0) is 31.0 Å². The Balaban J connectivity index is 2.47. The van der Waals surface area contributed by atoms with Crippen molar-refractivity contribution in [2.24, 2.45) is 5.73 Å². The number of ether oxygens (including phenoxy) is 2. The number of nitrogens with two attached hydrogens (primary N) is 1. The molecule has 0 saturated heterocycles. The van der Waals surface area contributed by atoms with E-state index in [4.69, 9.17) is 15.2 Å². The molecule has 0 saturated carbocycles. The number of benzene rings is 1. The second-order valence-corrected chi connectivity index (χ2v) is 4.04. The first-order valence-electron chi connectivity index (χ1n) is 5.13. The Hall–Kier alpha value is -1.43. The van der Waals surface area contributed by atoms with Gasteiger partial charge in [0.1, 0.15) is 0 Å². The molecule has 1 unspecified atom stereocenters. The SMILES string of the molecule is CC(N)Cc1cc2c(cc1C(F)(F)F)OCO2. The molecule has 0 aliphatic carbocycles. The lowest BCUT2D eigenvalue weighted by atomic mass is 10.00. The summed E-state index contributed by atoms with van der Waals surface area (Å²) in [4.78, 5) is 0. The van der Waals surface area contributed by atoms with Crippen molar-refractivity contribution in [2.75, 3.05) is 6.79 Å². The Bertz CT molecular complexity index is 429. The van der Waals surface area contributed by atoms with E-state index in [0.29, 0.717) is 5.75 Å². The van der Waals surface area contributed by atoms with Gasteiger partial charge in [-0.3, -0.25) is 0 Å². The van der Waals surface area contributed by atoms with Crippen molar-refractivity contribution >= 4 is 0 Å². The lowest BCUT2D eigenvalue weighted by Gasteiger charge is -2.15. The first-order valence-corrected chi connectivity index (χ1v) is 5.13. The zero-order valence-corrected chi connectivity index (χ0v) is 9.17. The highest BCUT2D eigenvalue weighted by molar-refractivity contribution is 5.49. The summed E-state index contributed by atoms with van der Waals surface area (Å²) in [6.45, 7) is 1.61. The van der Waals surface area contributed by atoms with Crippen LogP contribution >= 0.6 is 0 Å². The molecule has 0 spiro atoms. The number of hydrogen-bond acceptors (Lipinski definition) is 3. The topological polar surface area (TPSA) is 44.5 Å². The summed E-state index contributed by atoms with van der Waals surface area (Å²) in [5, 5.41) is 0. The van der Waals surface area contributed by atoms with Gasteiger partial charge in [0.15, 0.2) is 11.5 Å². The van der Waals surface area contributed by atoms with Crippen LogP contribution in [0.1, 0.15) is 18.1 Å². The Kier molecular flexibility index (Phi) is 2.91. The van der Waals surface area contributed by atoms with E-state index in [1.165, 1.54) is 6.07 Å². The van der Waals surface area contributed by atoms with E-state index in [-0.39, 0.29) is 30.6 Å². The van der Waals surface area contributed by atoms with E-state index in [0.717, 1.165) is 6.07 Å². The number of halogens is 3. The van der Waals surface area contributed by atoms with Crippen molar-refractivity contribution in [1.29, 1.82) is 0 Å². The third kappa shape index (κ3) is 2.46. The molecular formula is C11H12F3NO2. The molecule has 1 aliphatic heterocycles. The van der Waals surface area contributed by atoms with Gasteiger partial charge in [0.05, 0.1) is 5.56 Å². The van der Waals surface area contributed by atoms with Crippen LogP contribution in [0.2, 0.25) is 0 Å². The van der Waals surface area contributed by atoms with E-state index in [1.54, 1.807) is 6.92 Å². The molecule has 3 nitrogen and oxygen atoms in total. The predicted octanol–water partition coefficient (Wildman–Crippen LogP) is 2.32. The minimum atomic E-state index is -4.41. The third-order valence-corrected chi connectivity index (χ3v) is 2.45. The first-order chi connectivity index (χ1) is 7.88. The highest BCUT2D eigenvalue weighted by Gasteiger charge is 2.35. The van der Waals surface area contributed by atoms with Crippen molar-refractivity contribution < 1.29 is 22.6 Å². The van der Waals surface area contributed by atoms with Gasteiger partial charge in [0.2, 0.25) is 6.79 Å². The van der Waals surface area contributed by atoms with Crippen LogP contribution in [0, 0.1) is 0 Å². The number of fused-ring (bicyclic) bond motifs is 1. The number of alkyl halides is 3. The lowest BCUT2D eigenvalue weighted by molar-refractivity contribution is -0.138. The van der Waals surface area contributed by atoms with Gasteiger partial charge in [-0.25, -0.2) is 0 Å². The summed E-state index contributed by atoms with van der Waals surface area (Å²) in [7, 11) is 0. The monoisotopic (exact) mass is 247 g/mol. The van der Waals surface area contributed by atoms with Crippen LogP contribution < -0.4 is 15.2 Å². The van der Waals surface area contributed by atoms with Gasteiger partial charge >= 0.3 is 6.18 Å². The van der Waals surface area contributed by atoms with Gasteiger partial charge in [-0.15, -0.1) is 0 Å². The summed E-state index contributed by atoms with van der Waals surface area (Å²) in [5.74, 6) is 0.472. The Morgan fingerprint density at radius 1 is 1.29 bits per heavy atom. The third-order valence-electron chi connectivity index (χ3n) is 2.45. The maximum absolute atomic E-state index is 12.8. The quantitative estimate of drug-likeness (QED) is 0.872. The van der Waals surface area contributed by atoms with E-state index >= 15 is 0 Å². The van der Waals surface area contributed by atoms with Crippen LogP contribution in [-0.2, 0) is 12.6 Å². The molecule has 1 aliphatic rings. The molecule has 0 amide bonds. The molecule has 94 valence electrons. The zero-order valence-electron chi connectivity index (χ0n) is 9.17. The van der Waals surface area contributed by atoms with Gasteiger partial charge < -0.3 is 15.2 Å². The normalized spacial score (nSPS) is 16.1. The predicted molar refractivity (Wildman–Crippen MR) is 54.9 cm³/mol. The van der Waals surface area contributed by atoms with Crippen LogP contribution in [0.15, 0.2) is 12.1 Å². The molecule has 6 heteroatoms. The highest BCUT2D eigenvalue weighted by Crippen LogP contribution is 2.41. The molecule has 0 aromatic heterocycles. The Morgan fingerprint density at radius 3 is 2.41 bits per heavy atom. The van der Waals surface area contributed by atoms with Gasteiger partial charge in [0.25, 0.3) is 0 Å². The van der Waals surface area contributed by atoms with Crippen LogP contribution in [0.3, 0.4) is 0 Å². The van der Waals surface area contributed by atoms with Gasteiger partial charge in [0, 0.05) is 6.04 Å². The smallest absolute Gasteiger partial charge is 0.416 e. The summed E-state index contributed by atoms with van der Waals surface area (Å²) in [5.41, 5.74) is 4.97. The molecule has 2 N–H and O–H groups in total. The highest BCUT2D eigenvalue weighted by atomic mass is 19.4. The molecule has 17 heavy (non-hydrogen) atoms. The zero-order chi connectivity index (χ0) is 12.6. The summed E-state index contributed by atoms with van der Waals surface area (Å²) in [6, 6.07) is 1.98. The molecule has 1 aromatic carbocycles. The Morgan fingerprint density at radius 2 is 1.88 bits per heavy atom. The van der Waals surface area contributed by atoms with Crippen molar-refractivity contribution in [3.05, 3.63) is 23.3 Å². The van der Waals surface area contributed by atoms with Crippen molar-refractivity contribution in [1.82, 2.24) is 0 Å². The van der Waals surface area contributed by atoms with E-state index in [1.807, 2.05) is 0 Å². The average molecular weight is 247 g/mol. The molecule has 2 rings (SSSR count). The minimum absolute atomic E-state index is 0.0474. The van der Waals surface area contributed by atoms with E-state index < -0.39 is 11.7 Å². The maximum Gasteiger partial charge on any atom is 0.416 e. The molecule has 0 radical (unpaired) electrons. The first kappa shape index (κ1) is 12.0. The van der Waals surface area contributed by atoms with Crippen LogP contribution in [-0.4, -0.2) is 12.8 Å². The fourth-order valence-corrected chi connectivity index (χ4v) is 1.76. The summed E-state index contributed by atoms with van der Waals surface area (Å²) < 4.78 is 48.5. The number of rotatable bonds is 2. The van der Waals surface area contributed by atoms with E-state index in [2.05, 4.69) is 0 Å². The molecule has 0 fully saturated rings. The maximum atomic E-state index is 12.8. The molecular weight excluding hydrogens is 235 g/mol. The fourth-order valence-electron chi connectivity index (χ4n) is 1.76. The van der Waals surface area contributed by atoms with Crippen molar-refractivity contribution in [3.63, 3.8) is 0 Å². The fraction of sp³-hybridized carbons (Fsp3) is 0.455. The minimum Gasteiger partial charge on any atom is -0.454 e. The molecule has 0 bridgehead atoms. The molecule has 1 heterocycles. The van der Waals surface area contributed by atoms with Crippen LogP contribution in [0.5, 0.6) is 11.5 Å². The van der Waals surface area contributed by atoms with Crippen molar-refractivity contribution in [2.45, 2.75) is 25.6 Å².